The molecule has 1 N–H and O–H groups in total. The molecule has 10 heteroatoms. The van der Waals surface area contributed by atoms with Crippen LogP contribution in [0.5, 0.6) is 5.75 Å². The number of fused-ring (bicyclic) bond motifs is 1. The Labute approximate surface area is 176 Å². The summed E-state index contributed by atoms with van der Waals surface area (Å²) in [4.78, 5) is 17.3. The average molecular weight is 426 g/mol. The summed E-state index contributed by atoms with van der Waals surface area (Å²) in [7, 11) is 3.27. The fourth-order valence-corrected chi connectivity index (χ4v) is 3.39. The first-order valence-corrected chi connectivity index (χ1v) is 9.47. The van der Waals surface area contributed by atoms with E-state index in [1.54, 1.807) is 36.0 Å². The molecule has 0 aliphatic heterocycles. The van der Waals surface area contributed by atoms with Crippen LogP contribution in [-0.4, -0.2) is 37.4 Å². The van der Waals surface area contributed by atoms with Gasteiger partial charge in [-0.25, -0.2) is 18.3 Å². The molecular formula is C21H20F2N6O2. The van der Waals surface area contributed by atoms with Crippen molar-refractivity contribution in [2.75, 3.05) is 7.11 Å². The number of nitrogens with one attached hydrogen (secondary N) is 1. The summed E-state index contributed by atoms with van der Waals surface area (Å²) >= 11 is 0. The van der Waals surface area contributed by atoms with E-state index in [1.165, 1.54) is 19.4 Å². The van der Waals surface area contributed by atoms with Gasteiger partial charge < -0.3 is 10.1 Å². The monoisotopic (exact) mass is 426 g/mol. The Morgan fingerprint density at radius 3 is 2.71 bits per heavy atom. The van der Waals surface area contributed by atoms with E-state index in [9.17, 15) is 13.6 Å². The standard InChI is InChI=1S/C21H20F2N6O2/c1-12-8-13(28(2)27-12)10-24-21(30)15-11-25-29-17(19(22)23)9-16(26-20(15)29)14-6-4-5-7-18(14)31-3/h4-9,11,19H,10H2,1-3H3,(H,24,30). The first kappa shape index (κ1) is 20.5. The number of halogens is 2. The molecule has 0 saturated carbocycles. The van der Waals surface area contributed by atoms with Gasteiger partial charge in [-0.15, -0.1) is 0 Å². The lowest BCUT2D eigenvalue weighted by atomic mass is 10.1. The number of hydrogen-bond acceptors (Lipinski definition) is 5. The number of nitrogens with zero attached hydrogens (tertiary/aromatic N) is 5. The maximum Gasteiger partial charge on any atom is 0.280 e. The van der Waals surface area contributed by atoms with Crippen molar-refractivity contribution in [2.24, 2.45) is 7.05 Å². The maximum absolute atomic E-state index is 13.8. The molecule has 0 unspecified atom stereocenters. The predicted octanol–water partition coefficient (Wildman–Crippen LogP) is 3.31. The van der Waals surface area contributed by atoms with Gasteiger partial charge in [-0.3, -0.25) is 9.48 Å². The Balaban J connectivity index is 1.75. The number of methoxy groups -OCH3 is 1. The van der Waals surface area contributed by atoms with Crippen molar-refractivity contribution in [2.45, 2.75) is 19.9 Å². The third-order valence-corrected chi connectivity index (χ3v) is 4.88. The molecule has 0 aliphatic carbocycles. The van der Waals surface area contributed by atoms with E-state index in [0.717, 1.165) is 15.9 Å². The summed E-state index contributed by atoms with van der Waals surface area (Å²) in [5.74, 6) is 0.00964. The second-order valence-corrected chi connectivity index (χ2v) is 6.94. The smallest absolute Gasteiger partial charge is 0.280 e. The second kappa shape index (κ2) is 8.13. The number of amides is 1. The van der Waals surface area contributed by atoms with Crippen LogP contribution in [0.4, 0.5) is 8.78 Å². The second-order valence-electron chi connectivity index (χ2n) is 6.94. The summed E-state index contributed by atoms with van der Waals surface area (Å²) < 4.78 is 35.5. The van der Waals surface area contributed by atoms with Crippen molar-refractivity contribution < 1.29 is 18.3 Å². The van der Waals surface area contributed by atoms with Gasteiger partial charge in [-0.05, 0) is 31.2 Å². The molecular weight excluding hydrogens is 406 g/mol. The highest BCUT2D eigenvalue weighted by Crippen LogP contribution is 2.32. The van der Waals surface area contributed by atoms with E-state index in [-0.39, 0.29) is 29.1 Å². The van der Waals surface area contributed by atoms with Crippen LogP contribution in [0, 0.1) is 6.92 Å². The van der Waals surface area contributed by atoms with E-state index in [1.807, 2.05) is 13.0 Å². The Morgan fingerprint density at radius 1 is 1.26 bits per heavy atom. The van der Waals surface area contributed by atoms with Crippen LogP contribution in [-0.2, 0) is 13.6 Å². The van der Waals surface area contributed by atoms with Gasteiger partial charge in [-0.2, -0.15) is 10.2 Å². The maximum atomic E-state index is 13.8. The molecule has 8 nitrogen and oxygen atoms in total. The number of rotatable bonds is 6. The molecule has 31 heavy (non-hydrogen) atoms. The van der Waals surface area contributed by atoms with Crippen LogP contribution in [0.2, 0.25) is 0 Å². The summed E-state index contributed by atoms with van der Waals surface area (Å²) in [5.41, 5.74) is 2.19. The molecule has 0 bridgehead atoms. The van der Waals surface area contributed by atoms with Gasteiger partial charge in [0.2, 0.25) is 0 Å². The van der Waals surface area contributed by atoms with Crippen LogP contribution < -0.4 is 10.1 Å². The number of hydrogen-bond donors (Lipinski definition) is 1. The normalized spacial score (nSPS) is 11.3. The summed E-state index contributed by atoms with van der Waals surface area (Å²) in [5, 5.41) is 11.0. The van der Waals surface area contributed by atoms with Crippen molar-refractivity contribution in [3.05, 3.63) is 65.2 Å². The number of para-hydroxylation sites is 1. The van der Waals surface area contributed by atoms with E-state index in [2.05, 4.69) is 20.5 Å². The molecule has 4 rings (SSSR count). The number of benzene rings is 1. The van der Waals surface area contributed by atoms with Crippen molar-refractivity contribution in [3.8, 4) is 17.0 Å². The van der Waals surface area contributed by atoms with Crippen molar-refractivity contribution >= 4 is 11.6 Å². The average Bonchev–Trinajstić information content (AvgIpc) is 3.33. The number of carbonyl (C=O) groups is 1. The largest absolute Gasteiger partial charge is 0.496 e. The number of alkyl halides is 2. The van der Waals surface area contributed by atoms with E-state index < -0.39 is 12.3 Å². The fourth-order valence-electron chi connectivity index (χ4n) is 3.39. The van der Waals surface area contributed by atoms with Crippen LogP contribution in [0.3, 0.4) is 0 Å². The number of ether oxygens (including phenoxy) is 1. The molecule has 0 radical (unpaired) electrons. The van der Waals surface area contributed by atoms with E-state index in [0.29, 0.717) is 11.3 Å². The summed E-state index contributed by atoms with van der Waals surface area (Å²) in [6.07, 6.45) is -1.57. The van der Waals surface area contributed by atoms with Gasteiger partial charge in [0.15, 0.2) is 5.65 Å². The quantitative estimate of drug-likeness (QED) is 0.511. The lowest BCUT2D eigenvalue weighted by Gasteiger charge is -2.11. The van der Waals surface area contributed by atoms with Crippen LogP contribution >= 0.6 is 0 Å². The Hall–Kier alpha value is -3.82. The lowest BCUT2D eigenvalue weighted by molar-refractivity contribution is 0.0951. The Morgan fingerprint density at radius 2 is 2.03 bits per heavy atom. The third-order valence-electron chi connectivity index (χ3n) is 4.88. The highest BCUT2D eigenvalue weighted by atomic mass is 19.3. The van der Waals surface area contributed by atoms with Crippen LogP contribution in [0.1, 0.15) is 33.9 Å². The molecule has 4 aromatic rings. The molecule has 1 amide bonds. The van der Waals surface area contributed by atoms with Gasteiger partial charge in [0, 0.05) is 12.6 Å². The molecule has 160 valence electrons. The zero-order chi connectivity index (χ0) is 22.1. The predicted molar refractivity (Wildman–Crippen MR) is 109 cm³/mol. The van der Waals surface area contributed by atoms with Gasteiger partial charge in [0.25, 0.3) is 12.3 Å². The van der Waals surface area contributed by atoms with E-state index in [4.69, 9.17) is 4.74 Å². The van der Waals surface area contributed by atoms with Gasteiger partial charge in [0.05, 0.1) is 36.9 Å². The molecule has 1 aromatic carbocycles. The molecule has 0 fully saturated rings. The Kier molecular flexibility index (Phi) is 5.37. The van der Waals surface area contributed by atoms with E-state index >= 15 is 0 Å². The van der Waals surface area contributed by atoms with Crippen molar-refractivity contribution in [1.82, 2.24) is 29.7 Å². The van der Waals surface area contributed by atoms with Crippen molar-refractivity contribution in [3.63, 3.8) is 0 Å². The van der Waals surface area contributed by atoms with Gasteiger partial charge in [0.1, 0.15) is 17.0 Å². The van der Waals surface area contributed by atoms with Gasteiger partial charge in [-0.1, -0.05) is 12.1 Å². The minimum Gasteiger partial charge on any atom is -0.496 e. The fraction of sp³-hybridized carbons (Fsp3) is 0.238. The minimum atomic E-state index is -2.81. The number of aryl methyl sites for hydroxylation is 2. The number of aromatic nitrogens is 5. The third kappa shape index (κ3) is 3.83. The molecule has 0 atom stereocenters. The summed E-state index contributed by atoms with van der Waals surface area (Å²) in [6, 6.07) is 10.1. The highest BCUT2D eigenvalue weighted by molar-refractivity contribution is 5.99. The SMILES string of the molecule is COc1ccccc1-c1cc(C(F)F)n2ncc(C(=O)NCc3cc(C)nn3C)c2n1. The Bertz CT molecular complexity index is 1260. The summed E-state index contributed by atoms with van der Waals surface area (Å²) in [6.45, 7) is 2.08. The van der Waals surface area contributed by atoms with Gasteiger partial charge >= 0.3 is 0 Å². The zero-order valence-electron chi connectivity index (χ0n) is 17.1. The first-order chi connectivity index (χ1) is 14.9. The zero-order valence-corrected chi connectivity index (χ0v) is 17.1. The molecule has 0 spiro atoms. The van der Waals surface area contributed by atoms with Crippen LogP contribution in [0.15, 0.2) is 42.6 Å². The topological polar surface area (TPSA) is 86.3 Å². The highest BCUT2D eigenvalue weighted by Gasteiger charge is 2.22. The molecule has 3 aromatic heterocycles. The first-order valence-electron chi connectivity index (χ1n) is 9.47. The molecule has 0 saturated heterocycles. The molecule has 3 heterocycles. The minimum absolute atomic E-state index is 0.0393. The van der Waals surface area contributed by atoms with Crippen molar-refractivity contribution in [1.29, 1.82) is 0 Å². The number of carbonyl (C=O) groups excluding carboxylic acids is 1. The van der Waals surface area contributed by atoms with Crippen LogP contribution in [0.25, 0.3) is 16.9 Å². The lowest BCUT2D eigenvalue weighted by Crippen LogP contribution is -2.24. The molecule has 0 aliphatic rings.